The van der Waals surface area contributed by atoms with Crippen LogP contribution in [-0.2, 0) is 4.74 Å². The largest absolute Gasteiger partial charge is 0.378 e. The van der Waals surface area contributed by atoms with Gasteiger partial charge in [-0.1, -0.05) is 30.9 Å². The highest BCUT2D eigenvalue weighted by atomic mass is 16.5. The average Bonchev–Trinajstić information content (AvgIpc) is 2.10. The zero-order chi connectivity index (χ0) is 10.3. The Kier molecular flexibility index (Phi) is 5.55. The van der Waals surface area contributed by atoms with Crippen molar-refractivity contribution in [3.8, 4) is 0 Å². The number of hydrogen-bond acceptors (Lipinski definition) is 3. The second kappa shape index (κ2) is 6.20. The Bertz CT molecular complexity index is 252. The van der Waals surface area contributed by atoms with Gasteiger partial charge < -0.3 is 10.6 Å². The van der Waals surface area contributed by atoms with Gasteiger partial charge in [-0.15, -0.1) is 0 Å². The van der Waals surface area contributed by atoms with Crippen LogP contribution in [0, 0.1) is 0 Å². The smallest absolute Gasteiger partial charge is 0.0929 e. The van der Waals surface area contributed by atoms with Crippen molar-refractivity contribution in [2.45, 2.75) is 6.92 Å². The zero-order valence-electron chi connectivity index (χ0n) is 8.21. The summed E-state index contributed by atoms with van der Waals surface area (Å²) in [5.41, 5.74) is 2.43. The Morgan fingerprint density at radius 1 is 1.62 bits per heavy atom. The maximum Gasteiger partial charge on any atom is 0.0929 e. The number of ether oxygens (including phenoxy) is 1. The highest BCUT2D eigenvalue weighted by Crippen LogP contribution is 2.04. The van der Waals surface area contributed by atoms with Gasteiger partial charge in [-0.3, -0.25) is 0 Å². The van der Waals surface area contributed by atoms with E-state index in [4.69, 9.17) is 10.6 Å². The van der Waals surface area contributed by atoms with E-state index in [1.54, 1.807) is 13.2 Å². The highest BCUT2D eigenvalue weighted by molar-refractivity contribution is 6.03. The molecule has 13 heavy (non-hydrogen) atoms. The van der Waals surface area contributed by atoms with Crippen LogP contribution < -0.4 is 5.84 Å². The van der Waals surface area contributed by atoms with E-state index in [9.17, 15) is 0 Å². The van der Waals surface area contributed by atoms with Gasteiger partial charge in [0.2, 0.25) is 0 Å². The van der Waals surface area contributed by atoms with Crippen LogP contribution in [0.1, 0.15) is 6.92 Å². The van der Waals surface area contributed by atoms with Crippen molar-refractivity contribution in [2.24, 2.45) is 10.9 Å². The Morgan fingerprint density at radius 3 is 2.54 bits per heavy atom. The van der Waals surface area contributed by atoms with Gasteiger partial charge in [0.15, 0.2) is 0 Å². The molecule has 72 valence electrons. The van der Waals surface area contributed by atoms with Crippen LogP contribution in [0.4, 0.5) is 0 Å². The third-order valence-electron chi connectivity index (χ3n) is 1.39. The monoisotopic (exact) mass is 180 g/mol. The van der Waals surface area contributed by atoms with Crippen LogP contribution in [0.5, 0.6) is 0 Å². The Morgan fingerprint density at radius 2 is 2.23 bits per heavy atom. The topological polar surface area (TPSA) is 47.6 Å². The van der Waals surface area contributed by atoms with Crippen molar-refractivity contribution in [3.63, 3.8) is 0 Å². The fourth-order valence-corrected chi connectivity index (χ4v) is 0.857. The summed E-state index contributed by atoms with van der Waals surface area (Å²) >= 11 is 0. The van der Waals surface area contributed by atoms with Gasteiger partial charge in [0.25, 0.3) is 0 Å². The molecule has 2 N–H and O–H groups in total. The van der Waals surface area contributed by atoms with Crippen LogP contribution in [0.2, 0.25) is 0 Å². The van der Waals surface area contributed by atoms with Crippen molar-refractivity contribution in [1.29, 1.82) is 0 Å². The molecular formula is C10H16N2O. The van der Waals surface area contributed by atoms with E-state index in [-0.39, 0.29) is 0 Å². The molecule has 0 radical (unpaired) electrons. The van der Waals surface area contributed by atoms with Crippen molar-refractivity contribution in [3.05, 3.63) is 36.5 Å². The number of rotatable bonds is 5. The molecule has 0 aliphatic heterocycles. The predicted molar refractivity (Wildman–Crippen MR) is 56.6 cm³/mol. The zero-order valence-corrected chi connectivity index (χ0v) is 8.21. The number of nitrogens with two attached hydrogens (primary N) is 1. The van der Waals surface area contributed by atoms with Crippen molar-refractivity contribution < 1.29 is 4.74 Å². The molecule has 0 aliphatic rings. The molecule has 0 rings (SSSR count). The van der Waals surface area contributed by atoms with Crippen LogP contribution in [0.15, 0.2) is 41.6 Å². The number of methoxy groups -OCH3 is 1. The van der Waals surface area contributed by atoms with Gasteiger partial charge in [0.05, 0.1) is 12.3 Å². The van der Waals surface area contributed by atoms with Crippen LogP contribution in [0.25, 0.3) is 0 Å². The number of hydrogen-bond donors (Lipinski definition) is 1. The summed E-state index contributed by atoms with van der Waals surface area (Å²) in [4.78, 5) is 0. The molecule has 0 unspecified atom stereocenters. The van der Waals surface area contributed by atoms with Gasteiger partial charge in [-0.2, -0.15) is 5.10 Å². The first kappa shape index (κ1) is 11.6. The van der Waals surface area contributed by atoms with Crippen LogP contribution >= 0.6 is 0 Å². The van der Waals surface area contributed by atoms with E-state index in [2.05, 4.69) is 18.3 Å². The lowest BCUT2D eigenvalue weighted by Crippen LogP contribution is -2.11. The van der Waals surface area contributed by atoms with Gasteiger partial charge in [0, 0.05) is 7.11 Å². The maximum atomic E-state index is 5.20. The van der Waals surface area contributed by atoms with Crippen molar-refractivity contribution in [2.75, 3.05) is 13.7 Å². The van der Waals surface area contributed by atoms with E-state index in [0.29, 0.717) is 12.3 Å². The fraction of sp³-hybridized carbons (Fsp3) is 0.300. The molecule has 0 spiro atoms. The van der Waals surface area contributed by atoms with Crippen LogP contribution in [-0.4, -0.2) is 19.4 Å². The third-order valence-corrected chi connectivity index (χ3v) is 1.39. The van der Waals surface area contributed by atoms with E-state index in [1.165, 1.54) is 0 Å². The summed E-state index contributed by atoms with van der Waals surface area (Å²) in [6.45, 7) is 9.69. The summed E-state index contributed by atoms with van der Waals surface area (Å²) in [5.74, 6) is 5.20. The van der Waals surface area contributed by atoms with Crippen molar-refractivity contribution >= 4 is 5.71 Å². The first-order valence-electron chi connectivity index (χ1n) is 3.91. The number of allylic oxidation sites excluding steroid dienone is 3. The lowest BCUT2D eigenvalue weighted by atomic mass is 10.1. The first-order chi connectivity index (χ1) is 6.15. The molecule has 0 heterocycles. The molecule has 0 aromatic carbocycles. The standard InChI is InChI=1S/C10H16N2O/c1-5-9(6-8(2)3)10(12-11)7-13-4/h5-6H,1-2,7,11H2,3-4H3/b9-6+,12-10+. The van der Waals surface area contributed by atoms with Crippen LogP contribution in [0.3, 0.4) is 0 Å². The van der Waals surface area contributed by atoms with E-state index < -0.39 is 0 Å². The predicted octanol–water partition coefficient (Wildman–Crippen LogP) is 1.64. The second-order valence-electron chi connectivity index (χ2n) is 2.66. The van der Waals surface area contributed by atoms with Gasteiger partial charge in [-0.25, -0.2) is 0 Å². The molecule has 0 aromatic heterocycles. The Labute approximate surface area is 79.3 Å². The highest BCUT2D eigenvalue weighted by Gasteiger charge is 2.02. The summed E-state index contributed by atoms with van der Waals surface area (Å²) in [5, 5.41) is 3.61. The number of nitrogens with zero attached hydrogens (tertiary/aromatic N) is 1. The molecule has 0 atom stereocenters. The molecular weight excluding hydrogens is 164 g/mol. The maximum absolute atomic E-state index is 5.20. The first-order valence-corrected chi connectivity index (χ1v) is 3.91. The summed E-state index contributed by atoms with van der Waals surface area (Å²) in [7, 11) is 1.59. The summed E-state index contributed by atoms with van der Waals surface area (Å²) < 4.78 is 4.93. The van der Waals surface area contributed by atoms with E-state index in [1.807, 2.05) is 13.0 Å². The second-order valence-corrected chi connectivity index (χ2v) is 2.66. The normalized spacial score (nSPS) is 12.8. The number of hydrazone groups is 1. The minimum absolute atomic E-state index is 0.377. The SMILES string of the molecule is C=CC(=C\C(=C)C)/C(COC)=N/N. The molecule has 0 saturated carbocycles. The summed E-state index contributed by atoms with van der Waals surface area (Å²) in [6.07, 6.45) is 3.54. The fourth-order valence-electron chi connectivity index (χ4n) is 0.857. The molecule has 0 aromatic rings. The lowest BCUT2D eigenvalue weighted by Gasteiger charge is -2.04. The molecule has 3 heteroatoms. The molecule has 3 nitrogen and oxygen atoms in total. The summed E-state index contributed by atoms with van der Waals surface area (Å²) in [6, 6.07) is 0. The minimum atomic E-state index is 0.377. The van der Waals surface area contributed by atoms with E-state index >= 15 is 0 Å². The minimum Gasteiger partial charge on any atom is -0.378 e. The average molecular weight is 180 g/mol. The molecule has 0 fully saturated rings. The van der Waals surface area contributed by atoms with Gasteiger partial charge in [0.1, 0.15) is 0 Å². The third kappa shape index (κ3) is 4.28. The molecule has 0 saturated heterocycles. The van der Waals surface area contributed by atoms with Gasteiger partial charge in [-0.05, 0) is 12.5 Å². The Balaban J connectivity index is 4.74. The quantitative estimate of drug-likeness (QED) is 0.302. The molecule has 0 aliphatic carbocycles. The Hall–Kier alpha value is -1.35. The lowest BCUT2D eigenvalue weighted by molar-refractivity contribution is 0.245. The van der Waals surface area contributed by atoms with E-state index in [0.717, 1.165) is 11.1 Å². The molecule has 0 amide bonds. The molecule has 0 bridgehead atoms. The van der Waals surface area contributed by atoms with Crippen molar-refractivity contribution in [1.82, 2.24) is 0 Å². The van der Waals surface area contributed by atoms with Gasteiger partial charge >= 0.3 is 0 Å².